The van der Waals surface area contributed by atoms with Gasteiger partial charge in [-0.1, -0.05) is 24.3 Å². The van der Waals surface area contributed by atoms with Gasteiger partial charge < -0.3 is 14.6 Å². The Hall–Kier alpha value is -2.37. The SMILES string of the molecule is COC(=O)c1ccc(CN(C)CC(O)COc2cc(C)ccc2C)cc1. The second-order valence-electron chi connectivity index (χ2n) is 6.62. The molecular formula is C21H27NO4. The van der Waals surface area contributed by atoms with Gasteiger partial charge in [0.1, 0.15) is 18.5 Å². The second kappa shape index (κ2) is 9.36. The molecule has 2 rings (SSSR count). The van der Waals surface area contributed by atoms with Crippen molar-refractivity contribution in [3.8, 4) is 5.75 Å². The Labute approximate surface area is 155 Å². The van der Waals surface area contributed by atoms with E-state index >= 15 is 0 Å². The summed E-state index contributed by atoms with van der Waals surface area (Å²) in [6.07, 6.45) is -0.589. The summed E-state index contributed by atoms with van der Waals surface area (Å²) in [7, 11) is 3.31. The molecule has 1 unspecified atom stereocenters. The molecule has 0 spiro atoms. The van der Waals surface area contributed by atoms with Gasteiger partial charge >= 0.3 is 5.97 Å². The maximum atomic E-state index is 11.4. The molecule has 0 saturated carbocycles. The summed E-state index contributed by atoms with van der Waals surface area (Å²) in [6.45, 7) is 5.41. The predicted octanol–water partition coefficient (Wildman–Crippen LogP) is 2.96. The lowest BCUT2D eigenvalue weighted by atomic mass is 10.1. The molecule has 5 nitrogen and oxygen atoms in total. The number of ether oxygens (including phenoxy) is 2. The molecular weight excluding hydrogens is 330 g/mol. The molecule has 1 N–H and O–H groups in total. The van der Waals surface area contributed by atoms with Gasteiger partial charge in [0.15, 0.2) is 0 Å². The number of hydrogen-bond acceptors (Lipinski definition) is 5. The number of carbonyl (C=O) groups is 1. The fourth-order valence-corrected chi connectivity index (χ4v) is 2.70. The van der Waals surface area contributed by atoms with Crippen molar-refractivity contribution in [2.75, 3.05) is 27.3 Å². The molecule has 0 bridgehead atoms. The van der Waals surface area contributed by atoms with E-state index in [0.717, 1.165) is 22.4 Å². The third kappa shape index (κ3) is 5.86. The highest BCUT2D eigenvalue weighted by Crippen LogP contribution is 2.19. The van der Waals surface area contributed by atoms with Crippen molar-refractivity contribution in [1.29, 1.82) is 0 Å². The van der Waals surface area contributed by atoms with E-state index < -0.39 is 6.10 Å². The number of benzene rings is 2. The summed E-state index contributed by atoms with van der Waals surface area (Å²) in [5.74, 6) is 0.467. The molecule has 0 heterocycles. The lowest BCUT2D eigenvalue weighted by Crippen LogP contribution is -2.32. The van der Waals surface area contributed by atoms with Crippen LogP contribution in [0.3, 0.4) is 0 Å². The number of aliphatic hydroxyl groups excluding tert-OH is 1. The quantitative estimate of drug-likeness (QED) is 0.736. The van der Waals surface area contributed by atoms with Crippen LogP contribution in [0, 0.1) is 13.8 Å². The Morgan fingerprint density at radius 3 is 2.50 bits per heavy atom. The normalized spacial score (nSPS) is 12.1. The van der Waals surface area contributed by atoms with E-state index in [1.807, 2.05) is 56.1 Å². The number of likely N-dealkylation sites (N-methyl/N-ethyl adjacent to an activating group) is 1. The zero-order valence-corrected chi connectivity index (χ0v) is 15.9. The number of methoxy groups -OCH3 is 1. The first-order valence-electron chi connectivity index (χ1n) is 8.63. The van der Waals surface area contributed by atoms with Crippen molar-refractivity contribution in [3.63, 3.8) is 0 Å². The van der Waals surface area contributed by atoms with Crippen LogP contribution in [0.15, 0.2) is 42.5 Å². The predicted molar refractivity (Wildman–Crippen MR) is 102 cm³/mol. The van der Waals surface area contributed by atoms with Crippen molar-refractivity contribution in [2.45, 2.75) is 26.5 Å². The van der Waals surface area contributed by atoms with Gasteiger partial charge in [-0.25, -0.2) is 4.79 Å². The van der Waals surface area contributed by atoms with Crippen LogP contribution in [0.1, 0.15) is 27.0 Å². The van der Waals surface area contributed by atoms with Crippen LogP contribution < -0.4 is 4.74 Å². The first-order chi connectivity index (χ1) is 12.4. The number of nitrogens with zero attached hydrogens (tertiary/aromatic N) is 1. The lowest BCUT2D eigenvalue weighted by Gasteiger charge is -2.21. The van der Waals surface area contributed by atoms with Crippen molar-refractivity contribution < 1.29 is 19.4 Å². The number of rotatable bonds is 8. The number of aliphatic hydroxyl groups is 1. The molecule has 0 aliphatic heterocycles. The molecule has 2 aromatic carbocycles. The maximum absolute atomic E-state index is 11.4. The Kier molecular flexibility index (Phi) is 7.18. The Morgan fingerprint density at radius 2 is 1.85 bits per heavy atom. The van der Waals surface area contributed by atoms with Crippen LogP contribution in [0.4, 0.5) is 0 Å². The average Bonchev–Trinajstić information content (AvgIpc) is 2.62. The van der Waals surface area contributed by atoms with Gasteiger partial charge in [-0.15, -0.1) is 0 Å². The Morgan fingerprint density at radius 1 is 1.15 bits per heavy atom. The summed E-state index contributed by atoms with van der Waals surface area (Å²) in [5.41, 5.74) is 3.78. The maximum Gasteiger partial charge on any atom is 0.337 e. The molecule has 0 radical (unpaired) electrons. The number of hydrogen-bond donors (Lipinski definition) is 1. The van der Waals surface area contributed by atoms with E-state index in [2.05, 4.69) is 0 Å². The fourth-order valence-electron chi connectivity index (χ4n) is 2.70. The zero-order chi connectivity index (χ0) is 19.1. The molecule has 0 aliphatic rings. The van der Waals surface area contributed by atoms with Crippen LogP contribution in [-0.4, -0.2) is 49.4 Å². The number of carbonyl (C=O) groups excluding carboxylic acids is 1. The number of aryl methyl sites for hydroxylation is 2. The fraction of sp³-hybridized carbons (Fsp3) is 0.381. The lowest BCUT2D eigenvalue weighted by molar-refractivity contribution is 0.0600. The summed E-state index contributed by atoms with van der Waals surface area (Å²) in [4.78, 5) is 13.5. The van der Waals surface area contributed by atoms with E-state index in [4.69, 9.17) is 9.47 Å². The van der Waals surface area contributed by atoms with Gasteiger partial charge in [0.2, 0.25) is 0 Å². The average molecular weight is 357 g/mol. The molecule has 0 amide bonds. The molecule has 2 aromatic rings. The van der Waals surface area contributed by atoms with E-state index in [9.17, 15) is 9.90 Å². The third-order valence-corrected chi connectivity index (χ3v) is 4.12. The summed E-state index contributed by atoms with van der Waals surface area (Å²) >= 11 is 0. The molecule has 0 saturated heterocycles. The van der Waals surface area contributed by atoms with Gasteiger partial charge in [0, 0.05) is 13.1 Å². The van der Waals surface area contributed by atoms with Crippen molar-refractivity contribution in [2.24, 2.45) is 0 Å². The molecule has 0 fully saturated rings. The monoisotopic (exact) mass is 357 g/mol. The minimum Gasteiger partial charge on any atom is -0.491 e. The van der Waals surface area contributed by atoms with Gasteiger partial charge in [-0.3, -0.25) is 4.90 Å². The van der Waals surface area contributed by atoms with Gasteiger partial charge in [-0.2, -0.15) is 0 Å². The zero-order valence-electron chi connectivity index (χ0n) is 15.9. The molecule has 0 aromatic heterocycles. The van der Waals surface area contributed by atoms with Crippen molar-refractivity contribution >= 4 is 5.97 Å². The minimum atomic E-state index is -0.589. The van der Waals surface area contributed by atoms with Gasteiger partial charge in [0.25, 0.3) is 0 Å². The highest BCUT2D eigenvalue weighted by atomic mass is 16.5. The van der Waals surface area contributed by atoms with Crippen LogP contribution >= 0.6 is 0 Å². The largest absolute Gasteiger partial charge is 0.491 e. The van der Waals surface area contributed by atoms with Gasteiger partial charge in [-0.05, 0) is 55.8 Å². The van der Waals surface area contributed by atoms with E-state index in [1.165, 1.54) is 7.11 Å². The topological polar surface area (TPSA) is 59.0 Å². The van der Waals surface area contributed by atoms with Crippen LogP contribution in [-0.2, 0) is 11.3 Å². The highest BCUT2D eigenvalue weighted by Gasteiger charge is 2.11. The standard InChI is InChI=1S/C21H27NO4/c1-15-5-6-16(2)20(11-15)26-14-19(23)13-22(3)12-17-7-9-18(10-8-17)21(24)25-4/h5-11,19,23H,12-14H2,1-4H3. The first-order valence-corrected chi connectivity index (χ1v) is 8.63. The Balaban J connectivity index is 1.82. The number of esters is 1. The van der Waals surface area contributed by atoms with Gasteiger partial charge in [0.05, 0.1) is 12.7 Å². The second-order valence-corrected chi connectivity index (χ2v) is 6.62. The molecule has 140 valence electrons. The summed E-state index contributed by atoms with van der Waals surface area (Å²) in [6, 6.07) is 13.3. The smallest absolute Gasteiger partial charge is 0.337 e. The van der Waals surface area contributed by atoms with Crippen molar-refractivity contribution in [1.82, 2.24) is 4.90 Å². The summed E-state index contributed by atoms with van der Waals surface area (Å²) < 4.78 is 10.4. The van der Waals surface area contributed by atoms with E-state index in [-0.39, 0.29) is 12.6 Å². The van der Waals surface area contributed by atoms with Crippen molar-refractivity contribution in [3.05, 3.63) is 64.7 Å². The molecule has 0 aliphatic carbocycles. The van der Waals surface area contributed by atoms with Crippen LogP contribution in [0.5, 0.6) is 5.75 Å². The van der Waals surface area contributed by atoms with Crippen LogP contribution in [0.2, 0.25) is 0 Å². The molecule has 26 heavy (non-hydrogen) atoms. The van der Waals surface area contributed by atoms with E-state index in [0.29, 0.717) is 18.7 Å². The molecule has 1 atom stereocenters. The molecule has 5 heteroatoms. The highest BCUT2D eigenvalue weighted by molar-refractivity contribution is 5.89. The van der Waals surface area contributed by atoms with E-state index in [1.54, 1.807) is 12.1 Å². The minimum absolute atomic E-state index is 0.246. The summed E-state index contributed by atoms with van der Waals surface area (Å²) in [5, 5.41) is 10.2. The third-order valence-electron chi connectivity index (χ3n) is 4.12. The van der Waals surface area contributed by atoms with Crippen LogP contribution in [0.25, 0.3) is 0 Å². The first kappa shape index (κ1) is 19.9. The Bertz CT molecular complexity index is 727.